The minimum atomic E-state index is 0.512. The molecule has 0 atom stereocenters. The fourth-order valence-corrected chi connectivity index (χ4v) is 5.30. The van der Waals surface area contributed by atoms with E-state index in [1.54, 1.807) is 6.07 Å². The highest BCUT2D eigenvalue weighted by Gasteiger charge is 2.16. The molecule has 1 aliphatic carbocycles. The molecule has 0 amide bonds. The molecule has 1 aromatic heterocycles. The molecule has 170 valence electrons. The van der Waals surface area contributed by atoms with E-state index >= 15 is 0 Å². The molecule has 0 fully saturated rings. The van der Waals surface area contributed by atoms with Crippen molar-refractivity contribution in [3.8, 4) is 17.8 Å². The third-order valence-electron chi connectivity index (χ3n) is 6.94. The van der Waals surface area contributed by atoms with E-state index in [9.17, 15) is 10.5 Å². The molecule has 3 nitrogen and oxygen atoms in total. The van der Waals surface area contributed by atoms with Gasteiger partial charge in [0.1, 0.15) is 0 Å². The highest BCUT2D eigenvalue weighted by atomic mass is 15.0. The van der Waals surface area contributed by atoms with Crippen LogP contribution in [0.25, 0.3) is 33.1 Å². The van der Waals surface area contributed by atoms with E-state index in [2.05, 4.69) is 95.6 Å². The summed E-state index contributed by atoms with van der Waals surface area (Å²) in [6.45, 7) is 0. The molecule has 1 aliphatic rings. The van der Waals surface area contributed by atoms with Gasteiger partial charge in [0, 0.05) is 16.5 Å². The summed E-state index contributed by atoms with van der Waals surface area (Å²) >= 11 is 0. The van der Waals surface area contributed by atoms with Gasteiger partial charge in [-0.3, -0.25) is 0 Å². The number of nitrogens with zero attached hydrogens (tertiary/aromatic N) is 3. The molecule has 1 heterocycles. The minimum absolute atomic E-state index is 0.512. The van der Waals surface area contributed by atoms with Gasteiger partial charge in [0.25, 0.3) is 0 Å². The zero-order valence-corrected chi connectivity index (χ0v) is 19.8. The lowest BCUT2D eigenvalue weighted by molar-refractivity contribution is 1.05. The van der Waals surface area contributed by atoms with Gasteiger partial charge >= 0.3 is 0 Å². The molecule has 5 aromatic rings. The number of nitriles is 2. The van der Waals surface area contributed by atoms with Crippen LogP contribution in [-0.2, 0) is 6.42 Å². The van der Waals surface area contributed by atoms with Crippen molar-refractivity contribution in [1.82, 2.24) is 4.57 Å². The Bertz CT molecular complexity index is 1750. The second kappa shape index (κ2) is 9.06. The van der Waals surface area contributed by atoms with Crippen LogP contribution >= 0.6 is 0 Å². The molecule has 0 N–H and O–H groups in total. The summed E-state index contributed by atoms with van der Waals surface area (Å²) in [4.78, 5) is 0. The Kier molecular flexibility index (Phi) is 5.45. The largest absolute Gasteiger partial charge is 0.309 e. The number of para-hydroxylation sites is 2. The molecule has 0 saturated carbocycles. The number of rotatable bonds is 4. The molecular formula is C33H23N3. The zero-order valence-electron chi connectivity index (χ0n) is 19.8. The van der Waals surface area contributed by atoms with Gasteiger partial charge in [0.05, 0.1) is 34.3 Å². The van der Waals surface area contributed by atoms with Crippen LogP contribution in [0.1, 0.15) is 40.7 Å². The predicted molar refractivity (Wildman–Crippen MR) is 146 cm³/mol. The van der Waals surface area contributed by atoms with Crippen LogP contribution in [0.4, 0.5) is 0 Å². The van der Waals surface area contributed by atoms with E-state index < -0.39 is 0 Å². The summed E-state index contributed by atoms with van der Waals surface area (Å²) < 4.78 is 2.35. The molecule has 4 aromatic carbocycles. The lowest BCUT2D eigenvalue weighted by Crippen LogP contribution is -2.01. The Morgan fingerprint density at radius 2 is 1.50 bits per heavy atom. The monoisotopic (exact) mass is 461 g/mol. The number of fused-ring (bicyclic) bond motifs is 3. The third-order valence-corrected chi connectivity index (χ3v) is 6.94. The van der Waals surface area contributed by atoms with Gasteiger partial charge in [-0.25, -0.2) is 0 Å². The van der Waals surface area contributed by atoms with Crippen molar-refractivity contribution in [3.63, 3.8) is 0 Å². The molecule has 36 heavy (non-hydrogen) atoms. The standard InChI is InChI=1S/C33H23N3/c34-21-24-16-23(17-25(18-24)22-35)19-28-10-4-6-12-31(28)36-32-13-7-5-11-29(32)30-20-27(14-15-33(30)36)26-8-2-1-3-9-26/h1-2,4-8,10-18,20H,3,9,19H2. The Morgan fingerprint density at radius 3 is 2.28 bits per heavy atom. The Hall–Kier alpha value is -4.86. The predicted octanol–water partition coefficient (Wildman–Crippen LogP) is 7.85. The van der Waals surface area contributed by atoms with E-state index in [-0.39, 0.29) is 0 Å². The van der Waals surface area contributed by atoms with E-state index in [1.807, 2.05) is 18.2 Å². The molecule has 0 saturated heterocycles. The zero-order chi connectivity index (χ0) is 24.5. The van der Waals surface area contributed by atoms with Crippen LogP contribution < -0.4 is 0 Å². The first kappa shape index (κ1) is 21.7. The van der Waals surface area contributed by atoms with Crippen LogP contribution in [0.15, 0.2) is 103 Å². The van der Waals surface area contributed by atoms with Crippen molar-refractivity contribution in [2.24, 2.45) is 0 Å². The van der Waals surface area contributed by atoms with Crippen LogP contribution in [0.5, 0.6) is 0 Å². The number of hydrogen-bond acceptors (Lipinski definition) is 2. The average molecular weight is 462 g/mol. The first-order valence-corrected chi connectivity index (χ1v) is 12.2. The van der Waals surface area contributed by atoms with Crippen molar-refractivity contribution in [2.45, 2.75) is 19.3 Å². The summed E-state index contributed by atoms with van der Waals surface area (Å²) in [7, 11) is 0. The van der Waals surface area contributed by atoms with Crippen molar-refractivity contribution in [3.05, 3.63) is 131 Å². The van der Waals surface area contributed by atoms with Crippen LogP contribution in [-0.4, -0.2) is 4.57 Å². The maximum Gasteiger partial charge on any atom is 0.0992 e. The normalized spacial score (nSPS) is 12.9. The Balaban J connectivity index is 1.54. The van der Waals surface area contributed by atoms with E-state index in [0.717, 1.165) is 35.2 Å². The topological polar surface area (TPSA) is 52.5 Å². The number of allylic oxidation sites excluding steroid dienone is 4. The first-order chi connectivity index (χ1) is 17.7. The molecule has 0 bridgehead atoms. The van der Waals surface area contributed by atoms with Gasteiger partial charge in [-0.1, -0.05) is 60.7 Å². The van der Waals surface area contributed by atoms with Gasteiger partial charge < -0.3 is 4.57 Å². The summed E-state index contributed by atoms with van der Waals surface area (Å²) in [6.07, 6.45) is 9.38. The van der Waals surface area contributed by atoms with Crippen molar-refractivity contribution in [1.29, 1.82) is 10.5 Å². The molecule has 0 radical (unpaired) electrons. The molecule has 0 aliphatic heterocycles. The molecule has 3 heteroatoms. The first-order valence-electron chi connectivity index (χ1n) is 12.2. The summed E-state index contributed by atoms with van der Waals surface area (Å²) in [5.74, 6) is 0. The van der Waals surface area contributed by atoms with Crippen molar-refractivity contribution in [2.75, 3.05) is 0 Å². The van der Waals surface area contributed by atoms with Crippen LogP contribution in [0.2, 0.25) is 0 Å². The lowest BCUT2D eigenvalue weighted by atomic mass is 9.96. The van der Waals surface area contributed by atoms with Crippen LogP contribution in [0, 0.1) is 22.7 Å². The van der Waals surface area contributed by atoms with E-state index in [0.29, 0.717) is 17.5 Å². The van der Waals surface area contributed by atoms with Crippen molar-refractivity contribution < 1.29 is 0 Å². The Morgan fingerprint density at radius 1 is 0.750 bits per heavy atom. The average Bonchev–Trinajstić information content (AvgIpc) is 3.27. The van der Waals surface area contributed by atoms with E-state index in [1.165, 1.54) is 27.4 Å². The van der Waals surface area contributed by atoms with E-state index in [4.69, 9.17) is 0 Å². The van der Waals surface area contributed by atoms with Gasteiger partial charge in [-0.2, -0.15) is 10.5 Å². The molecule has 6 rings (SSSR count). The van der Waals surface area contributed by atoms with Gasteiger partial charge in [0.15, 0.2) is 0 Å². The maximum atomic E-state index is 9.44. The summed E-state index contributed by atoms with van der Waals surface area (Å²) in [5, 5.41) is 21.3. The van der Waals surface area contributed by atoms with Crippen molar-refractivity contribution >= 4 is 27.4 Å². The lowest BCUT2D eigenvalue weighted by Gasteiger charge is -2.15. The minimum Gasteiger partial charge on any atom is -0.309 e. The number of benzene rings is 4. The van der Waals surface area contributed by atoms with Gasteiger partial charge in [-0.05, 0) is 84.0 Å². The van der Waals surface area contributed by atoms with Crippen LogP contribution in [0.3, 0.4) is 0 Å². The molecular weight excluding hydrogens is 438 g/mol. The quantitative estimate of drug-likeness (QED) is 0.274. The Labute approximate surface area is 210 Å². The maximum absolute atomic E-state index is 9.44. The highest BCUT2D eigenvalue weighted by molar-refractivity contribution is 6.10. The number of hydrogen-bond donors (Lipinski definition) is 0. The number of aromatic nitrogens is 1. The summed E-state index contributed by atoms with van der Waals surface area (Å²) in [6, 6.07) is 33.5. The van der Waals surface area contributed by atoms with Gasteiger partial charge in [-0.15, -0.1) is 0 Å². The smallest absolute Gasteiger partial charge is 0.0992 e. The second-order valence-corrected chi connectivity index (χ2v) is 9.19. The second-order valence-electron chi connectivity index (χ2n) is 9.19. The molecule has 0 unspecified atom stereocenters. The fraction of sp³-hybridized carbons (Fsp3) is 0.0909. The molecule has 0 spiro atoms. The third kappa shape index (κ3) is 3.78. The fourth-order valence-electron chi connectivity index (χ4n) is 5.30. The SMILES string of the molecule is N#Cc1cc(C#N)cc(Cc2ccccc2-n2c3ccccc3c3cc(C4=CC=CCC4)ccc32)c1. The highest BCUT2D eigenvalue weighted by Crippen LogP contribution is 2.36. The van der Waals surface area contributed by atoms with Gasteiger partial charge in [0.2, 0.25) is 0 Å². The summed E-state index contributed by atoms with van der Waals surface area (Å²) in [5.41, 5.74) is 9.22.